The summed E-state index contributed by atoms with van der Waals surface area (Å²) < 4.78 is 5.41. The Morgan fingerprint density at radius 2 is 1.18 bits per heavy atom. The van der Waals surface area contributed by atoms with Crippen LogP contribution in [0.25, 0.3) is 11.1 Å². The van der Waals surface area contributed by atoms with Gasteiger partial charge in [0.05, 0.1) is 0 Å². The average Bonchev–Trinajstić information content (AvgIpc) is 2.57. The van der Waals surface area contributed by atoms with E-state index in [0.29, 0.717) is 0 Å². The molecule has 0 aliphatic carbocycles. The van der Waals surface area contributed by atoms with E-state index in [-0.39, 0.29) is 6.10 Å². The average molecular weight is 288 g/mol. The summed E-state index contributed by atoms with van der Waals surface area (Å²) >= 11 is 0. The smallest absolute Gasteiger partial charge is 0.0184 e. The molecule has 0 aliphatic heterocycles. The molecule has 0 saturated carbocycles. The Kier molecular flexibility index (Phi) is 6.44. The zero-order valence-corrected chi connectivity index (χ0v) is 13.1. The predicted molar refractivity (Wildman–Crippen MR) is 95.4 cm³/mol. The standard InChI is InChI=1S/C12H10.C8H11BO/c1-3-7-11(8-4-1)12-9-5-2-6-10-12;1-7(2)10-8-5-3-4-6-9-8/h1-10H;3-7H,1-2H3. The van der Waals surface area contributed by atoms with Crippen LogP contribution in [0.3, 0.4) is 0 Å². The Morgan fingerprint density at radius 1 is 0.682 bits per heavy atom. The molecule has 3 aromatic rings. The molecule has 0 fully saturated rings. The zero-order chi connectivity index (χ0) is 15.6. The van der Waals surface area contributed by atoms with E-state index in [0.717, 1.165) is 5.64 Å². The fourth-order valence-electron chi connectivity index (χ4n) is 2.03. The fraction of sp³-hybridized carbons (Fsp3) is 0.150. The Labute approximate surface area is 133 Å². The Bertz CT molecular complexity index is 599. The molecule has 0 spiro atoms. The number of hydrogen-bond acceptors (Lipinski definition) is 1. The van der Waals surface area contributed by atoms with Crippen LogP contribution in [0.4, 0.5) is 0 Å². The van der Waals surface area contributed by atoms with E-state index in [2.05, 4.69) is 48.5 Å². The van der Waals surface area contributed by atoms with Gasteiger partial charge >= 0.3 is 61.4 Å². The second kappa shape index (κ2) is 8.83. The van der Waals surface area contributed by atoms with Crippen molar-refractivity contribution >= 4 is 6.91 Å². The van der Waals surface area contributed by atoms with Crippen molar-refractivity contribution in [3.05, 3.63) is 84.8 Å². The molecule has 110 valence electrons. The van der Waals surface area contributed by atoms with Crippen LogP contribution >= 0.6 is 0 Å². The van der Waals surface area contributed by atoms with Gasteiger partial charge in [0, 0.05) is 0 Å². The Balaban J connectivity index is 0.000000164. The van der Waals surface area contributed by atoms with Gasteiger partial charge in [-0.25, -0.2) is 0 Å². The SMILES string of the molecule is CC(C)Oc1bcccc1.c1ccc(-c2ccccc2)cc1. The molecule has 0 aliphatic rings. The molecule has 3 rings (SSSR count). The van der Waals surface area contributed by atoms with Gasteiger partial charge in [-0.1, -0.05) is 60.7 Å². The van der Waals surface area contributed by atoms with E-state index >= 15 is 0 Å². The number of hydrogen-bond donors (Lipinski definition) is 0. The molecule has 0 atom stereocenters. The quantitative estimate of drug-likeness (QED) is 0.646. The topological polar surface area (TPSA) is 9.23 Å². The predicted octanol–water partition coefficient (Wildman–Crippen LogP) is 5.17. The van der Waals surface area contributed by atoms with E-state index in [9.17, 15) is 0 Å². The van der Waals surface area contributed by atoms with Crippen molar-refractivity contribution in [2.75, 3.05) is 0 Å². The summed E-state index contributed by atoms with van der Waals surface area (Å²) in [4.78, 5) is 0. The molecular formula is C20H21BO. The summed E-state index contributed by atoms with van der Waals surface area (Å²) in [6.45, 7) is 6.00. The van der Waals surface area contributed by atoms with Crippen molar-refractivity contribution in [3.63, 3.8) is 0 Å². The van der Waals surface area contributed by atoms with Crippen molar-refractivity contribution < 1.29 is 4.74 Å². The number of rotatable bonds is 3. The molecular weight excluding hydrogens is 267 g/mol. The van der Waals surface area contributed by atoms with Gasteiger partial charge in [0.25, 0.3) is 0 Å². The first kappa shape index (κ1) is 16.0. The summed E-state index contributed by atoms with van der Waals surface area (Å²) in [5.41, 5.74) is 3.49. The fourth-order valence-corrected chi connectivity index (χ4v) is 2.03. The monoisotopic (exact) mass is 288 g/mol. The first-order valence-corrected chi connectivity index (χ1v) is 7.58. The van der Waals surface area contributed by atoms with Crippen LogP contribution in [0.5, 0.6) is 5.64 Å². The molecule has 2 heteroatoms. The van der Waals surface area contributed by atoms with Gasteiger partial charge in [0.15, 0.2) is 0 Å². The molecule has 0 saturated heterocycles. The summed E-state index contributed by atoms with van der Waals surface area (Å²) in [6.07, 6.45) is 0.266. The molecule has 1 nitrogen and oxygen atoms in total. The van der Waals surface area contributed by atoms with Crippen molar-refractivity contribution in [1.29, 1.82) is 0 Å². The van der Waals surface area contributed by atoms with Crippen molar-refractivity contribution in [1.82, 2.24) is 0 Å². The van der Waals surface area contributed by atoms with Gasteiger partial charge < -0.3 is 0 Å². The van der Waals surface area contributed by atoms with Crippen molar-refractivity contribution in [3.8, 4) is 16.8 Å². The van der Waals surface area contributed by atoms with Gasteiger partial charge in [-0.2, -0.15) is 0 Å². The third-order valence-corrected chi connectivity index (χ3v) is 3.00. The first-order valence-electron chi connectivity index (χ1n) is 7.58. The largest absolute Gasteiger partial charge is 0.0622 e. The second-order valence-electron chi connectivity index (χ2n) is 5.21. The van der Waals surface area contributed by atoms with Crippen LogP contribution < -0.4 is 4.74 Å². The summed E-state index contributed by atoms with van der Waals surface area (Å²) in [7, 11) is 0. The van der Waals surface area contributed by atoms with Gasteiger partial charge in [0.1, 0.15) is 0 Å². The first-order chi connectivity index (χ1) is 10.8. The summed E-state index contributed by atoms with van der Waals surface area (Å²) in [5, 5.41) is 0. The Morgan fingerprint density at radius 3 is 1.59 bits per heavy atom. The van der Waals surface area contributed by atoms with Crippen LogP contribution in [-0.4, -0.2) is 13.0 Å². The maximum atomic E-state index is 5.41. The van der Waals surface area contributed by atoms with Crippen molar-refractivity contribution in [2.45, 2.75) is 20.0 Å². The second-order valence-corrected chi connectivity index (χ2v) is 5.21. The van der Waals surface area contributed by atoms with Gasteiger partial charge in [-0.05, 0) is 11.1 Å². The number of ether oxygens (including phenoxy) is 1. The molecule has 1 aromatic heterocycles. The van der Waals surface area contributed by atoms with Crippen LogP contribution in [0.1, 0.15) is 13.8 Å². The van der Waals surface area contributed by atoms with Gasteiger partial charge in [-0.3, -0.25) is 0 Å². The number of benzene rings is 2. The molecule has 1 heterocycles. The normalized spacial score (nSPS) is 9.59. The van der Waals surface area contributed by atoms with Crippen LogP contribution in [0.2, 0.25) is 0 Å². The van der Waals surface area contributed by atoms with Crippen LogP contribution in [0.15, 0.2) is 84.8 Å². The van der Waals surface area contributed by atoms with Gasteiger partial charge in [-0.15, -0.1) is 0 Å². The van der Waals surface area contributed by atoms with E-state index in [1.807, 2.05) is 57.1 Å². The molecule has 0 N–H and O–H groups in total. The van der Waals surface area contributed by atoms with E-state index < -0.39 is 0 Å². The third-order valence-electron chi connectivity index (χ3n) is 3.00. The maximum absolute atomic E-state index is 5.41. The van der Waals surface area contributed by atoms with Gasteiger partial charge in [0.2, 0.25) is 0 Å². The van der Waals surface area contributed by atoms with Crippen molar-refractivity contribution in [2.24, 2.45) is 0 Å². The zero-order valence-electron chi connectivity index (χ0n) is 13.1. The summed E-state index contributed by atoms with van der Waals surface area (Å²) in [5.74, 6) is 1.97. The molecule has 0 radical (unpaired) electrons. The van der Waals surface area contributed by atoms with Crippen LogP contribution in [-0.2, 0) is 0 Å². The molecule has 0 unspecified atom stereocenters. The minimum absolute atomic E-state index is 0.266. The van der Waals surface area contributed by atoms with E-state index in [1.165, 1.54) is 11.1 Å². The van der Waals surface area contributed by atoms with E-state index in [1.54, 1.807) is 0 Å². The molecule has 0 amide bonds. The maximum Gasteiger partial charge on any atom is -0.0184 e. The minimum atomic E-state index is 0.266. The summed E-state index contributed by atoms with van der Waals surface area (Å²) in [6, 6.07) is 26.7. The minimum Gasteiger partial charge on any atom is -0.0622 e. The molecule has 2 aromatic carbocycles. The Hall–Kier alpha value is -2.35. The molecule has 0 bridgehead atoms. The third kappa shape index (κ3) is 5.57. The van der Waals surface area contributed by atoms with E-state index in [4.69, 9.17) is 4.74 Å². The van der Waals surface area contributed by atoms with Crippen LogP contribution in [0, 0.1) is 0 Å². The molecule has 22 heavy (non-hydrogen) atoms.